The summed E-state index contributed by atoms with van der Waals surface area (Å²) in [6.45, 7) is 4.15. The molecule has 1 unspecified atom stereocenters. The molecule has 4 rings (SSSR count). The molecular weight excluding hydrogens is 493 g/mol. The highest BCUT2D eigenvalue weighted by molar-refractivity contribution is 5.70. The number of aryl methyl sites for hydroxylation is 2. The van der Waals surface area contributed by atoms with E-state index in [0.717, 1.165) is 19.3 Å². The van der Waals surface area contributed by atoms with Gasteiger partial charge in [0.25, 0.3) is 0 Å². The largest absolute Gasteiger partial charge is 0.491 e. The van der Waals surface area contributed by atoms with Crippen LogP contribution in [0, 0.1) is 31.5 Å². The molecule has 1 N–H and O–H groups in total. The van der Waals surface area contributed by atoms with E-state index in [1.54, 1.807) is 38.2 Å². The van der Waals surface area contributed by atoms with Crippen molar-refractivity contribution in [1.82, 2.24) is 15.0 Å². The Morgan fingerprint density at radius 2 is 2.00 bits per heavy atom. The fourth-order valence-corrected chi connectivity index (χ4v) is 4.68. The van der Waals surface area contributed by atoms with Crippen molar-refractivity contribution in [3.63, 3.8) is 0 Å². The third-order valence-electron chi connectivity index (χ3n) is 6.82. The quantitative estimate of drug-likeness (QED) is 0.388. The van der Waals surface area contributed by atoms with Crippen molar-refractivity contribution in [3.8, 4) is 17.2 Å². The molecule has 1 fully saturated rings. The number of benzene rings is 1. The third kappa shape index (κ3) is 6.67. The van der Waals surface area contributed by atoms with Crippen LogP contribution in [0.25, 0.3) is 11.5 Å². The first-order valence-corrected chi connectivity index (χ1v) is 12.6. The zero-order chi connectivity index (χ0) is 27.2. The number of aromatic nitrogens is 2. The van der Waals surface area contributed by atoms with Crippen molar-refractivity contribution in [2.45, 2.75) is 52.7 Å². The molecule has 1 saturated carbocycles. The third-order valence-corrected chi connectivity index (χ3v) is 6.82. The number of nitrogens with zero attached hydrogens (tertiary/aromatic N) is 3. The Labute approximate surface area is 220 Å². The lowest BCUT2D eigenvalue weighted by molar-refractivity contribution is -0.143. The van der Waals surface area contributed by atoms with Gasteiger partial charge < -0.3 is 24.0 Å². The first kappa shape index (κ1) is 27.1. The highest BCUT2D eigenvalue weighted by atomic mass is 19.1. The molecule has 1 amide bonds. The normalized spacial score (nSPS) is 17.2. The molecule has 9 nitrogen and oxygen atoms in total. The molecule has 10 heteroatoms. The smallest absolute Gasteiger partial charge is 0.410 e. The number of hydrogen-bond donors (Lipinski definition) is 1. The minimum Gasteiger partial charge on any atom is -0.491 e. The summed E-state index contributed by atoms with van der Waals surface area (Å²) in [7, 11) is 1.58. The second kappa shape index (κ2) is 12.1. The van der Waals surface area contributed by atoms with Gasteiger partial charge in [0.1, 0.15) is 23.9 Å². The van der Waals surface area contributed by atoms with Gasteiger partial charge in [-0.05, 0) is 68.9 Å². The molecule has 202 valence electrons. The van der Waals surface area contributed by atoms with Gasteiger partial charge in [-0.1, -0.05) is 23.7 Å². The topological polar surface area (TPSA) is 115 Å². The maximum Gasteiger partial charge on any atom is 0.410 e. The summed E-state index contributed by atoms with van der Waals surface area (Å²) in [6.07, 6.45) is 2.61. The van der Waals surface area contributed by atoms with Gasteiger partial charge in [0.2, 0.25) is 0 Å². The number of rotatable bonds is 9. The van der Waals surface area contributed by atoms with Gasteiger partial charge >= 0.3 is 12.1 Å². The Morgan fingerprint density at radius 3 is 2.74 bits per heavy atom. The molecule has 3 aromatic rings. The van der Waals surface area contributed by atoms with E-state index in [0.29, 0.717) is 52.7 Å². The Kier molecular flexibility index (Phi) is 8.60. The summed E-state index contributed by atoms with van der Waals surface area (Å²) in [6, 6.07) is 9.60. The van der Waals surface area contributed by atoms with Gasteiger partial charge in [-0.25, -0.2) is 14.2 Å². The summed E-state index contributed by atoms with van der Waals surface area (Å²) < 4.78 is 30.4. The Hall–Kier alpha value is -3.95. The molecule has 1 aliphatic carbocycles. The average molecular weight is 526 g/mol. The first-order chi connectivity index (χ1) is 18.2. The molecule has 0 spiro atoms. The zero-order valence-electron chi connectivity index (χ0n) is 21.8. The predicted octanol–water partition coefficient (Wildman–Crippen LogP) is 5.53. The number of amides is 1. The SMILES string of the molecule is Cc1nc(-c2onc(C)c2COC(=O)N(C)Cc2cccc(F)c2)ccc1OCC1CCC[C@H](C(=O)O)C1. The summed E-state index contributed by atoms with van der Waals surface area (Å²) in [4.78, 5) is 29.8. The lowest BCUT2D eigenvalue weighted by atomic mass is 9.82. The maximum absolute atomic E-state index is 13.4. The number of halogens is 1. The van der Waals surface area contributed by atoms with Gasteiger partial charge in [-0.15, -0.1) is 0 Å². The van der Waals surface area contributed by atoms with Crippen LogP contribution in [0.5, 0.6) is 5.75 Å². The maximum atomic E-state index is 13.4. The van der Waals surface area contributed by atoms with Gasteiger partial charge in [-0.3, -0.25) is 4.79 Å². The monoisotopic (exact) mass is 525 g/mol. The predicted molar refractivity (Wildman–Crippen MR) is 136 cm³/mol. The lowest BCUT2D eigenvalue weighted by Gasteiger charge is -2.26. The van der Waals surface area contributed by atoms with E-state index in [9.17, 15) is 19.1 Å². The van der Waals surface area contributed by atoms with Gasteiger partial charge in [0.05, 0.1) is 29.5 Å². The molecular formula is C28H32FN3O6. The molecule has 0 radical (unpaired) electrons. The summed E-state index contributed by atoms with van der Waals surface area (Å²) in [5, 5.41) is 13.3. The Bertz CT molecular complexity index is 1290. The minimum absolute atomic E-state index is 0.0671. The summed E-state index contributed by atoms with van der Waals surface area (Å²) >= 11 is 0. The van der Waals surface area contributed by atoms with Crippen molar-refractivity contribution in [1.29, 1.82) is 0 Å². The fourth-order valence-electron chi connectivity index (χ4n) is 4.68. The second-order valence-corrected chi connectivity index (χ2v) is 9.78. The van der Waals surface area contributed by atoms with Gasteiger partial charge in [0.15, 0.2) is 5.76 Å². The van der Waals surface area contributed by atoms with Crippen LogP contribution in [0.1, 0.15) is 48.2 Å². The average Bonchev–Trinajstić information content (AvgIpc) is 3.26. The van der Waals surface area contributed by atoms with Crippen LogP contribution in [-0.4, -0.2) is 45.9 Å². The number of aliphatic carboxylic acids is 1. The van der Waals surface area contributed by atoms with Gasteiger partial charge in [0, 0.05) is 13.6 Å². The minimum atomic E-state index is -0.737. The molecule has 38 heavy (non-hydrogen) atoms. The van der Waals surface area contributed by atoms with Crippen LogP contribution >= 0.6 is 0 Å². The van der Waals surface area contributed by atoms with Crippen molar-refractivity contribution >= 4 is 12.1 Å². The zero-order valence-corrected chi connectivity index (χ0v) is 21.8. The van der Waals surface area contributed by atoms with Crippen LogP contribution in [0.15, 0.2) is 40.9 Å². The molecule has 1 aliphatic rings. The number of carbonyl (C=O) groups excluding carboxylic acids is 1. The molecule has 0 bridgehead atoms. The number of carboxylic acid groups (broad SMARTS) is 1. The Balaban J connectivity index is 1.37. The highest BCUT2D eigenvalue weighted by Gasteiger charge is 2.27. The van der Waals surface area contributed by atoms with Crippen LogP contribution in [0.3, 0.4) is 0 Å². The van der Waals surface area contributed by atoms with Crippen LogP contribution in [0.4, 0.5) is 9.18 Å². The first-order valence-electron chi connectivity index (χ1n) is 12.6. The van der Waals surface area contributed by atoms with E-state index in [-0.39, 0.29) is 30.8 Å². The molecule has 1 aromatic carbocycles. The summed E-state index contributed by atoms with van der Waals surface area (Å²) in [5.41, 5.74) is 3.00. The summed E-state index contributed by atoms with van der Waals surface area (Å²) in [5.74, 6) is -0.194. The van der Waals surface area contributed by atoms with Crippen molar-refractivity contribution in [2.75, 3.05) is 13.7 Å². The van der Waals surface area contributed by atoms with E-state index in [1.807, 2.05) is 6.92 Å². The lowest BCUT2D eigenvalue weighted by Crippen LogP contribution is -2.27. The molecule has 2 atom stereocenters. The molecule has 2 aromatic heterocycles. The van der Waals surface area contributed by atoms with Crippen LogP contribution < -0.4 is 4.74 Å². The van der Waals surface area contributed by atoms with E-state index in [1.165, 1.54) is 17.0 Å². The van der Waals surface area contributed by atoms with Crippen LogP contribution in [0.2, 0.25) is 0 Å². The molecule has 2 heterocycles. The van der Waals surface area contributed by atoms with E-state index in [4.69, 9.17) is 14.0 Å². The number of ether oxygens (including phenoxy) is 2. The van der Waals surface area contributed by atoms with Crippen molar-refractivity contribution < 1.29 is 33.1 Å². The van der Waals surface area contributed by atoms with Crippen molar-refractivity contribution in [2.24, 2.45) is 11.8 Å². The standard InChI is InChI=1S/C28H32FN3O6/c1-17-23(16-37-28(35)32(3)14-19-6-5-9-22(29)13-19)26(38-31-17)24-10-11-25(18(2)30-24)36-15-20-7-4-8-21(12-20)27(33)34/h5-6,9-11,13,20-21H,4,7-8,12,14-16H2,1-3H3,(H,33,34)/t20?,21-/m0/s1. The number of hydrogen-bond acceptors (Lipinski definition) is 7. The molecule has 0 aliphatic heterocycles. The van der Waals surface area contributed by atoms with E-state index < -0.39 is 12.1 Å². The highest BCUT2D eigenvalue weighted by Crippen LogP contribution is 2.31. The van der Waals surface area contributed by atoms with Crippen LogP contribution in [-0.2, 0) is 22.7 Å². The van der Waals surface area contributed by atoms with Gasteiger partial charge in [-0.2, -0.15) is 0 Å². The number of pyridine rings is 1. The van der Waals surface area contributed by atoms with E-state index in [2.05, 4.69) is 10.1 Å². The van der Waals surface area contributed by atoms with E-state index >= 15 is 0 Å². The Morgan fingerprint density at radius 1 is 1.18 bits per heavy atom. The fraction of sp³-hybridized carbons (Fsp3) is 0.429. The second-order valence-electron chi connectivity index (χ2n) is 9.78. The van der Waals surface area contributed by atoms with Crippen molar-refractivity contribution in [3.05, 3.63) is 64.7 Å². The number of carbonyl (C=O) groups is 2. The number of carboxylic acids is 1. The molecule has 0 saturated heterocycles.